The van der Waals surface area contributed by atoms with Crippen molar-refractivity contribution < 1.29 is 5.11 Å². The van der Waals surface area contributed by atoms with Gasteiger partial charge in [-0.3, -0.25) is 0 Å². The van der Waals surface area contributed by atoms with E-state index in [2.05, 4.69) is 32.9 Å². The van der Waals surface area contributed by atoms with Crippen molar-refractivity contribution in [3.05, 3.63) is 70.3 Å². The molecule has 0 amide bonds. The van der Waals surface area contributed by atoms with E-state index in [1.807, 2.05) is 30.3 Å². The Morgan fingerprint density at radius 1 is 0.944 bits per heavy atom. The van der Waals surface area contributed by atoms with Gasteiger partial charge in [-0.1, -0.05) is 49.4 Å². The smallest absolute Gasteiger partial charge is 0.105 e. The SMILES string of the molecule is CCc1ccccc1C(O)c1cccc(C)c1C. The molecule has 1 nitrogen and oxygen atoms in total. The molecule has 0 spiro atoms. The van der Waals surface area contributed by atoms with Crippen molar-refractivity contribution in [1.29, 1.82) is 0 Å². The summed E-state index contributed by atoms with van der Waals surface area (Å²) in [7, 11) is 0. The molecular formula is C17H20O. The highest BCUT2D eigenvalue weighted by Crippen LogP contribution is 2.28. The van der Waals surface area contributed by atoms with Gasteiger partial charge in [-0.2, -0.15) is 0 Å². The van der Waals surface area contributed by atoms with Gasteiger partial charge in [-0.05, 0) is 48.1 Å². The lowest BCUT2D eigenvalue weighted by Gasteiger charge is -2.18. The van der Waals surface area contributed by atoms with Crippen LogP contribution < -0.4 is 0 Å². The summed E-state index contributed by atoms with van der Waals surface area (Å²) in [5.74, 6) is 0. The molecular weight excluding hydrogens is 220 g/mol. The van der Waals surface area contributed by atoms with Crippen molar-refractivity contribution in [1.82, 2.24) is 0 Å². The van der Waals surface area contributed by atoms with E-state index in [1.165, 1.54) is 16.7 Å². The van der Waals surface area contributed by atoms with E-state index in [1.54, 1.807) is 0 Å². The molecule has 2 aromatic rings. The minimum absolute atomic E-state index is 0.527. The number of benzene rings is 2. The molecule has 0 bridgehead atoms. The van der Waals surface area contributed by atoms with Gasteiger partial charge in [0.05, 0.1) is 0 Å². The van der Waals surface area contributed by atoms with Gasteiger partial charge in [0.1, 0.15) is 6.10 Å². The van der Waals surface area contributed by atoms with E-state index in [-0.39, 0.29) is 0 Å². The Morgan fingerprint density at radius 3 is 2.33 bits per heavy atom. The fourth-order valence-corrected chi connectivity index (χ4v) is 2.36. The predicted molar refractivity (Wildman–Crippen MR) is 75.8 cm³/mol. The normalized spacial score (nSPS) is 12.4. The van der Waals surface area contributed by atoms with Crippen LogP contribution >= 0.6 is 0 Å². The Labute approximate surface area is 109 Å². The first-order chi connectivity index (χ1) is 8.65. The Morgan fingerprint density at radius 2 is 1.61 bits per heavy atom. The second kappa shape index (κ2) is 5.36. The number of aryl methyl sites for hydroxylation is 2. The Bertz CT molecular complexity index is 543. The molecule has 1 heteroatoms. The summed E-state index contributed by atoms with van der Waals surface area (Å²) in [5.41, 5.74) is 5.65. The first kappa shape index (κ1) is 12.8. The molecule has 2 aromatic carbocycles. The van der Waals surface area contributed by atoms with Crippen molar-refractivity contribution in [2.24, 2.45) is 0 Å². The molecule has 1 unspecified atom stereocenters. The first-order valence-corrected chi connectivity index (χ1v) is 6.47. The molecule has 0 aliphatic heterocycles. The maximum atomic E-state index is 10.6. The minimum atomic E-state index is -0.527. The van der Waals surface area contributed by atoms with Crippen LogP contribution in [0.1, 0.15) is 40.8 Å². The lowest BCUT2D eigenvalue weighted by Crippen LogP contribution is -2.05. The molecule has 18 heavy (non-hydrogen) atoms. The van der Waals surface area contributed by atoms with Crippen LogP contribution in [0, 0.1) is 13.8 Å². The van der Waals surface area contributed by atoms with Gasteiger partial charge in [-0.25, -0.2) is 0 Å². The van der Waals surface area contributed by atoms with Gasteiger partial charge in [0.2, 0.25) is 0 Å². The van der Waals surface area contributed by atoms with Crippen LogP contribution in [0.5, 0.6) is 0 Å². The summed E-state index contributed by atoms with van der Waals surface area (Å²) in [4.78, 5) is 0. The maximum Gasteiger partial charge on any atom is 0.105 e. The third-order valence-electron chi connectivity index (χ3n) is 3.67. The molecule has 0 heterocycles. The monoisotopic (exact) mass is 240 g/mol. The van der Waals surface area contributed by atoms with Crippen LogP contribution in [-0.4, -0.2) is 5.11 Å². The number of hydrogen-bond acceptors (Lipinski definition) is 1. The summed E-state index contributed by atoms with van der Waals surface area (Å²) in [5, 5.41) is 10.6. The molecule has 0 aliphatic rings. The standard InChI is InChI=1S/C17H20O/c1-4-14-9-5-6-10-16(14)17(18)15-11-7-8-12(2)13(15)3/h5-11,17-18H,4H2,1-3H3. The van der Waals surface area contributed by atoms with Crippen molar-refractivity contribution in [3.8, 4) is 0 Å². The molecule has 0 aliphatic carbocycles. The van der Waals surface area contributed by atoms with Crippen LogP contribution in [0.15, 0.2) is 42.5 Å². The zero-order valence-corrected chi connectivity index (χ0v) is 11.3. The molecule has 2 rings (SSSR count). The Balaban J connectivity index is 2.48. The van der Waals surface area contributed by atoms with Gasteiger partial charge in [0.25, 0.3) is 0 Å². The average molecular weight is 240 g/mol. The molecule has 0 saturated carbocycles. The minimum Gasteiger partial charge on any atom is -0.384 e. The lowest BCUT2D eigenvalue weighted by atomic mass is 9.91. The number of aliphatic hydroxyl groups excluding tert-OH is 1. The van der Waals surface area contributed by atoms with Gasteiger partial charge < -0.3 is 5.11 Å². The summed E-state index contributed by atoms with van der Waals surface area (Å²) in [6, 6.07) is 14.2. The second-order valence-corrected chi connectivity index (χ2v) is 4.74. The van der Waals surface area contributed by atoms with E-state index in [0.717, 1.165) is 17.5 Å². The van der Waals surface area contributed by atoms with Crippen LogP contribution in [0.3, 0.4) is 0 Å². The molecule has 1 atom stereocenters. The number of rotatable bonds is 3. The summed E-state index contributed by atoms with van der Waals surface area (Å²) in [6.45, 7) is 6.27. The van der Waals surface area contributed by atoms with Gasteiger partial charge >= 0.3 is 0 Å². The molecule has 0 radical (unpaired) electrons. The second-order valence-electron chi connectivity index (χ2n) is 4.74. The van der Waals surface area contributed by atoms with E-state index < -0.39 is 6.10 Å². The van der Waals surface area contributed by atoms with Crippen LogP contribution in [0.2, 0.25) is 0 Å². The highest BCUT2D eigenvalue weighted by atomic mass is 16.3. The topological polar surface area (TPSA) is 20.2 Å². The van der Waals surface area contributed by atoms with Gasteiger partial charge in [0.15, 0.2) is 0 Å². The maximum absolute atomic E-state index is 10.6. The van der Waals surface area contributed by atoms with Crippen molar-refractivity contribution >= 4 is 0 Å². The summed E-state index contributed by atoms with van der Waals surface area (Å²) in [6.07, 6.45) is 0.416. The van der Waals surface area contributed by atoms with Crippen LogP contribution in [-0.2, 0) is 6.42 Å². The quantitative estimate of drug-likeness (QED) is 0.861. The predicted octanol–water partition coefficient (Wildman–Crippen LogP) is 3.95. The Hall–Kier alpha value is -1.60. The fraction of sp³-hybridized carbons (Fsp3) is 0.294. The van der Waals surface area contributed by atoms with Crippen LogP contribution in [0.4, 0.5) is 0 Å². The summed E-state index contributed by atoms with van der Waals surface area (Å²) < 4.78 is 0. The zero-order valence-electron chi connectivity index (χ0n) is 11.3. The highest BCUT2D eigenvalue weighted by Gasteiger charge is 2.15. The molecule has 1 N–H and O–H groups in total. The lowest BCUT2D eigenvalue weighted by molar-refractivity contribution is 0.218. The fourth-order valence-electron chi connectivity index (χ4n) is 2.36. The number of hydrogen-bond donors (Lipinski definition) is 1. The van der Waals surface area contributed by atoms with Crippen molar-refractivity contribution in [2.45, 2.75) is 33.3 Å². The van der Waals surface area contributed by atoms with Crippen molar-refractivity contribution in [3.63, 3.8) is 0 Å². The summed E-state index contributed by atoms with van der Waals surface area (Å²) >= 11 is 0. The third-order valence-corrected chi connectivity index (χ3v) is 3.67. The zero-order chi connectivity index (χ0) is 13.1. The van der Waals surface area contributed by atoms with E-state index >= 15 is 0 Å². The van der Waals surface area contributed by atoms with Crippen molar-refractivity contribution in [2.75, 3.05) is 0 Å². The number of aliphatic hydroxyl groups is 1. The van der Waals surface area contributed by atoms with Gasteiger partial charge in [-0.15, -0.1) is 0 Å². The molecule has 0 saturated heterocycles. The first-order valence-electron chi connectivity index (χ1n) is 6.47. The Kier molecular flexibility index (Phi) is 3.83. The van der Waals surface area contributed by atoms with Gasteiger partial charge in [0, 0.05) is 0 Å². The largest absolute Gasteiger partial charge is 0.384 e. The molecule has 94 valence electrons. The molecule has 0 fully saturated rings. The van der Waals surface area contributed by atoms with E-state index in [9.17, 15) is 5.11 Å². The average Bonchev–Trinajstić information content (AvgIpc) is 2.41. The molecule has 0 aromatic heterocycles. The van der Waals surface area contributed by atoms with E-state index in [0.29, 0.717) is 0 Å². The highest BCUT2D eigenvalue weighted by molar-refractivity contribution is 5.41. The van der Waals surface area contributed by atoms with Crippen LogP contribution in [0.25, 0.3) is 0 Å². The van der Waals surface area contributed by atoms with E-state index in [4.69, 9.17) is 0 Å². The third kappa shape index (κ3) is 2.32.